The van der Waals surface area contributed by atoms with Crippen molar-refractivity contribution in [2.75, 3.05) is 20.3 Å². The third-order valence-corrected chi connectivity index (χ3v) is 5.22. The molecule has 0 aliphatic carbocycles. The summed E-state index contributed by atoms with van der Waals surface area (Å²) in [6.07, 6.45) is 0.897. The topological polar surface area (TPSA) is 114 Å². The lowest BCUT2D eigenvalue weighted by Crippen LogP contribution is -2.44. The Kier molecular flexibility index (Phi) is 4.49. The molecule has 2 aromatic heterocycles. The molecule has 29 heavy (non-hydrogen) atoms. The standard InChI is InChI=1S/C19H19N5O5/c1-26-12-5-2-4-11(8-12)18-21-22-23-24(18)14-10-29-16-13(9-28-17(14)16)20-19(25)15-6-3-7-27-15/h2-8,13-14,16-17H,9-10H2,1H3,(H,20,25)/t13-,14+,16-,17+/m0/s1. The van der Waals surface area contributed by atoms with Gasteiger partial charge in [-0.05, 0) is 34.7 Å². The molecule has 4 atom stereocenters. The Morgan fingerprint density at radius 2 is 2.10 bits per heavy atom. The molecule has 2 aliphatic heterocycles. The van der Waals surface area contributed by atoms with E-state index in [9.17, 15) is 4.79 Å². The summed E-state index contributed by atoms with van der Waals surface area (Å²) in [5.41, 5.74) is 0.832. The lowest BCUT2D eigenvalue weighted by atomic mass is 10.1. The van der Waals surface area contributed by atoms with Gasteiger partial charge in [0.1, 0.15) is 24.0 Å². The van der Waals surface area contributed by atoms with Crippen LogP contribution in [0, 0.1) is 0 Å². The molecule has 5 rings (SSSR count). The molecular weight excluding hydrogens is 378 g/mol. The SMILES string of the molecule is COc1cccc(-c2nnnn2[C@@H]2CO[C@@H]3[C@@H]2OC[C@@H]3NC(=O)c2ccco2)c1. The number of amides is 1. The zero-order chi connectivity index (χ0) is 19.8. The Morgan fingerprint density at radius 1 is 1.21 bits per heavy atom. The summed E-state index contributed by atoms with van der Waals surface area (Å²) in [6, 6.07) is 10.3. The van der Waals surface area contributed by atoms with Gasteiger partial charge in [0, 0.05) is 5.56 Å². The van der Waals surface area contributed by atoms with Crippen LogP contribution in [-0.4, -0.2) is 64.7 Å². The fraction of sp³-hybridized carbons (Fsp3) is 0.368. The second-order valence-corrected chi connectivity index (χ2v) is 6.90. The van der Waals surface area contributed by atoms with Crippen molar-refractivity contribution < 1.29 is 23.4 Å². The Hall–Kier alpha value is -3.24. The summed E-state index contributed by atoms with van der Waals surface area (Å²) in [4.78, 5) is 12.3. The summed E-state index contributed by atoms with van der Waals surface area (Å²) in [5, 5.41) is 15.1. The minimum Gasteiger partial charge on any atom is -0.497 e. The minimum atomic E-state index is -0.296. The number of hydrogen-bond acceptors (Lipinski definition) is 8. The number of carbonyl (C=O) groups is 1. The van der Waals surface area contributed by atoms with Gasteiger partial charge in [0.05, 0.1) is 32.6 Å². The van der Waals surface area contributed by atoms with Gasteiger partial charge in [-0.1, -0.05) is 12.1 Å². The molecule has 1 amide bonds. The van der Waals surface area contributed by atoms with Crippen molar-refractivity contribution in [1.29, 1.82) is 0 Å². The number of benzene rings is 1. The lowest BCUT2D eigenvalue weighted by Gasteiger charge is -2.18. The molecule has 1 aromatic carbocycles. The molecule has 10 nitrogen and oxygen atoms in total. The van der Waals surface area contributed by atoms with Crippen molar-refractivity contribution in [3.05, 3.63) is 48.4 Å². The number of tetrazole rings is 1. The van der Waals surface area contributed by atoms with Crippen LogP contribution in [0.25, 0.3) is 11.4 Å². The Labute approximate surface area is 165 Å². The number of aromatic nitrogens is 4. The first kappa shape index (κ1) is 17.8. The van der Waals surface area contributed by atoms with Crippen molar-refractivity contribution in [2.45, 2.75) is 24.3 Å². The molecule has 150 valence electrons. The van der Waals surface area contributed by atoms with E-state index in [0.717, 1.165) is 11.3 Å². The van der Waals surface area contributed by atoms with Crippen molar-refractivity contribution in [3.63, 3.8) is 0 Å². The van der Waals surface area contributed by atoms with Gasteiger partial charge in [-0.25, -0.2) is 4.68 Å². The minimum absolute atomic E-state index is 0.207. The Morgan fingerprint density at radius 3 is 2.93 bits per heavy atom. The molecule has 0 saturated carbocycles. The summed E-state index contributed by atoms with van der Waals surface area (Å²) in [7, 11) is 1.61. The van der Waals surface area contributed by atoms with E-state index >= 15 is 0 Å². The predicted octanol–water partition coefficient (Wildman–Crippen LogP) is 1.08. The van der Waals surface area contributed by atoms with Crippen LogP contribution in [0.4, 0.5) is 0 Å². The molecule has 2 fully saturated rings. The summed E-state index contributed by atoms with van der Waals surface area (Å²) in [5.74, 6) is 1.28. The first-order chi connectivity index (χ1) is 14.2. The largest absolute Gasteiger partial charge is 0.497 e. The summed E-state index contributed by atoms with van der Waals surface area (Å²) >= 11 is 0. The molecule has 0 bridgehead atoms. The van der Waals surface area contributed by atoms with Crippen LogP contribution in [0.2, 0.25) is 0 Å². The number of carbonyl (C=O) groups excluding carboxylic acids is 1. The Balaban J connectivity index is 1.35. The number of ether oxygens (including phenoxy) is 3. The van der Waals surface area contributed by atoms with Crippen LogP contribution in [0.5, 0.6) is 5.75 Å². The quantitative estimate of drug-likeness (QED) is 0.680. The molecule has 2 aliphatic rings. The van der Waals surface area contributed by atoms with E-state index in [1.807, 2.05) is 24.3 Å². The molecule has 4 heterocycles. The summed E-state index contributed by atoms with van der Waals surface area (Å²) in [6.45, 7) is 0.722. The highest BCUT2D eigenvalue weighted by molar-refractivity contribution is 5.91. The number of rotatable bonds is 5. The van der Waals surface area contributed by atoms with Gasteiger partial charge in [0.15, 0.2) is 11.6 Å². The molecule has 2 saturated heterocycles. The fourth-order valence-electron chi connectivity index (χ4n) is 3.83. The number of fused-ring (bicyclic) bond motifs is 1. The third kappa shape index (κ3) is 3.15. The van der Waals surface area contributed by atoms with Gasteiger partial charge in [0.25, 0.3) is 5.91 Å². The second-order valence-electron chi connectivity index (χ2n) is 6.90. The van der Waals surface area contributed by atoms with E-state index in [1.54, 1.807) is 23.9 Å². The second kappa shape index (κ2) is 7.30. The van der Waals surface area contributed by atoms with E-state index in [4.69, 9.17) is 18.6 Å². The van der Waals surface area contributed by atoms with E-state index in [1.165, 1.54) is 6.26 Å². The van der Waals surface area contributed by atoms with Crippen LogP contribution < -0.4 is 10.1 Å². The van der Waals surface area contributed by atoms with E-state index in [-0.39, 0.29) is 36.0 Å². The first-order valence-corrected chi connectivity index (χ1v) is 9.24. The molecule has 3 aromatic rings. The van der Waals surface area contributed by atoms with Crippen LogP contribution in [0.15, 0.2) is 47.1 Å². The highest BCUT2D eigenvalue weighted by atomic mass is 16.6. The van der Waals surface area contributed by atoms with Gasteiger partial charge in [0.2, 0.25) is 0 Å². The van der Waals surface area contributed by atoms with Gasteiger partial charge in [-0.3, -0.25) is 4.79 Å². The zero-order valence-corrected chi connectivity index (χ0v) is 15.6. The van der Waals surface area contributed by atoms with Gasteiger partial charge >= 0.3 is 0 Å². The number of nitrogens with one attached hydrogen (secondary N) is 1. The maximum absolute atomic E-state index is 12.3. The van der Waals surface area contributed by atoms with E-state index in [0.29, 0.717) is 19.0 Å². The average Bonchev–Trinajstić information content (AvgIpc) is 3.52. The third-order valence-electron chi connectivity index (χ3n) is 5.22. The van der Waals surface area contributed by atoms with Gasteiger partial charge in [-0.15, -0.1) is 5.10 Å². The Bertz CT molecular complexity index is 1000. The van der Waals surface area contributed by atoms with Crippen molar-refractivity contribution in [1.82, 2.24) is 25.5 Å². The van der Waals surface area contributed by atoms with Crippen LogP contribution in [0.3, 0.4) is 0 Å². The molecule has 0 spiro atoms. The van der Waals surface area contributed by atoms with Crippen molar-refractivity contribution in [2.24, 2.45) is 0 Å². The first-order valence-electron chi connectivity index (χ1n) is 9.24. The monoisotopic (exact) mass is 397 g/mol. The highest BCUT2D eigenvalue weighted by Crippen LogP contribution is 2.36. The molecule has 1 N–H and O–H groups in total. The molecule has 0 radical (unpaired) electrons. The maximum Gasteiger partial charge on any atom is 0.287 e. The maximum atomic E-state index is 12.3. The number of furan rings is 1. The molecule has 0 unspecified atom stereocenters. The number of nitrogens with zero attached hydrogens (tertiary/aromatic N) is 4. The number of hydrogen-bond donors (Lipinski definition) is 1. The van der Waals surface area contributed by atoms with Crippen molar-refractivity contribution in [3.8, 4) is 17.1 Å². The van der Waals surface area contributed by atoms with Crippen LogP contribution in [-0.2, 0) is 9.47 Å². The van der Waals surface area contributed by atoms with Gasteiger partial charge < -0.3 is 23.9 Å². The molecule has 10 heteroatoms. The number of methoxy groups -OCH3 is 1. The predicted molar refractivity (Wildman–Crippen MR) is 98.3 cm³/mol. The summed E-state index contributed by atoms with van der Waals surface area (Å²) < 4.78 is 24.1. The zero-order valence-electron chi connectivity index (χ0n) is 15.6. The van der Waals surface area contributed by atoms with Crippen LogP contribution >= 0.6 is 0 Å². The normalized spacial score (nSPS) is 25.7. The average molecular weight is 397 g/mol. The van der Waals surface area contributed by atoms with Crippen molar-refractivity contribution >= 4 is 5.91 Å². The molecular formula is C19H19N5O5. The highest BCUT2D eigenvalue weighted by Gasteiger charge is 2.50. The van der Waals surface area contributed by atoms with Crippen LogP contribution in [0.1, 0.15) is 16.6 Å². The van der Waals surface area contributed by atoms with E-state index in [2.05, 4.69) is 20.8 Å². The lowest BCUT2D eigenvalue weighted by molar-refractivity contribution is 0.0613. The fourth-order valence-corrected chi connectivity index (χ4v) is 3.83. The smallest absolute Gasteiger partial charge is 0.287 e. The van der Waals surface area contributed by atoms with Gasteiger partial charge in [-0.2, -0.15) is 0 Å². The van der Waals surface area contributed by atoms with E-state index < -0.39 is 0 Å².